The van der Waals surface area contributed by atoms with Gasteiger partial charge in [-0.1, -0.05) is 18.5 Å². The van der Waals surface area contributed by atoms with Crippen LogP contribution in [0.5, 0.6) is 0 Å². The van der Waals surface area contributed by atoms with Crippen LogP contribution in [0, 0.1) is 5.92 Å². The lowest BCUT2D eigenvalue weighted by atomic mass is 9.77. The van der Waals surface area contributed by atoms with Gasteiger partial charge in [-0.05, 0) is 43.7 Å². The van der Waals surface area contributed by atoms with Crippen molar-refractivity contribution >= 4 is 23.1 Å². The van der Waals surface area contributed by atoms with E-state index in [4.69, 9.17) is 17.3 Å². The number of nitrogen functional groups attached to an aromatic ring is 1. The maximum atomic E-state index is 9.69. The lowest BCUT2D eigenvalue weighted by Gasteiger charge is -2.39. The van der Waals surface area contributed by atoms with Crippen molar-refractivity contribution in [3.05, 3.63) is 17.3 Å². The minimum absolute atomic E-state index is 0.0906. The topological polar surface area (TPSA) is 71.2 Å². The fraction of sp³-hybridized carbons (Fsp3) is 0.615. The Bertz CT molecular complexity index is 417. The summed E-state index contributed by atoms with van der Waals surface area (Å²) >= 11 is 5.88. The predicted molar refractivity (Wildman–Crippen MR) is 74.7 cm³/mol. The van der Waals surface area contributed by atoms with Crippen LogP contribution in [-0.2, 0) is 0 Å². The van der Waals surface area contributed by atoms with Crippen molar-refractivity contribution in [2.75, 3.05) is 17.7 Å². The molecule has 1 aromatic rings. The zero-order chi connectivity index (χ0) is 13.2. The van der Waals surface area contributed by atoms with Gasteiger partial charge in [0, 0.05) is 0 Å². The van der Waals surface area contributed by atoms with Crippen molar-refractivity contribution in [3.63, 3.8) is 0 Å². The summed E-state index contributed by atoms with van der Waals surface area (Å²) < 4.78 is 0. The molecule has 0 amide bonds. The van der Waals surface area contributed by atoms with Gasteiger partial charge in [-0.25, -0.2) is 4.98 Å². The van der Waals surface area contributed by atoms with Gasteiger partial charge < -0.3 is 16.2 Å². The van der Waals surface area contributed by atoms with E-state index in [1.54, 1.807) is 12.1 Å². The van der Waals surface area contributed by atoms with E-state index in [1.807, 2.05) is 0 Å². The second-order valence-electron chi connectivity index (χ2n) is 5.32. The Morgan fingerprint density at radius 1 is 1.50 bits per heavy atom. The molecule has 4 N–H and O–H groups in total. The van der Waals surface area contributed by atoms with Gasteiger partial charge in [-0.3, -0.25) is 0 Å². The highest BCUT2D eigenvalue weighted by molar-refractivity contribution is 6.29. The van der Waals surface area contributed by atoms with E-state index in [9.17, 15) is 5.11 Å². The average Bonchev–Trinajstić information content (AvgIpc) is 2.37. The summed E-state index contributed by atoms with van der Waals surface area (Å²) in [4.78, 5) is 4.20. The van der Waals surface area contributed by atoms with Crippen LogP contribution in [0.1, 0.15) is 32.6 Å². The smallest absolute Gasteiger partial charge is 0.151 e. The molecule has 2 rings (SSSR count). The van der Waals surface area contributed by atoms with E-state index in [1.165, 1.54) is 0 Å². The van der Waals surface area contributed by atoms with Gasteiger partial charge in [0.1, 0.15) is 5.15 Å². The van der Waals surface area contributed by atoms with Crippen molar-refractivity contribution < 1.29 is 5.11 Å². The van der Waals surface area contributed by atoms with Crippen LogP contribution in [0.25, 0.3) is 0 Å². The molecule has 4 nitrogen and oxygen atoms in total. The van der Waals surface area contributed by atoms with E-state index in [0.29, 0.717) is 16.7 Å². The van der Waals surface area contributed by atoms with Crippen LogP contribution in [0.4, 0.5) is 11.5 Å². The van der Waals surface area contributed by atoms with Crippen LogP contribution in [0.2, 0.25) is 5.15 Å². The molecule has 0 atom stereocenters. The Morgan fingerprint density at radius 3 is 2.78 bits per heavy atom. The SMILES string of the molecule is CC1CCC(CO)(Nc2nc(Cl)ccc2N)CC1. The van der Waals surface area contributed by atoms with Crippen LogP contribution in [0.15, 0.2) is 12.1 Å². The fourth-order valence-corrected chi connectivity index (χ4v) is 2.58. The molecule has 0 aliphatic heterocycles. The zero-order valence-corrected chi connectivity index (χ0v) is 11.4. The maximum absolute atomic E-state index is 9.69. The van der Waals surface area contributed by atoms with E-state index >= 15 is 0 Å². The Kier molecular flexibility index (Phi) is 3.97. The molecule has 0 spiro atoms. The number of anilines is 2. The number of aliphatic hydroxyl groups is 1. The number of halogens is 1. The lowest BCUT2D eigenvalue weighted by Crippen LogP contribution is -2.45. The van der Waals surface area contributed by atoms with Crippen LogP contribution >= 0.6 is 11.6 Å². The van der Waals surface area contributed by atoms with Gasteiger partial charge in [-0.15, -0.1) is 0 Å². The normalized spacial score (nSPS) is 28.1. The standard InChI is InChI=1S/C13H20ClN3O/c1-9-4-6-13(8-18,7-5-9)17-12-10(15)2-3-11(14)16-12/h2-3,9,18H,4-8,15H2,1H3,(H,16,17). The van der Waals surface area contributed by atoms with Crippen molar-refractivity contribution in [3.8, 4) is 0 Å². The summed E-state index contributed by atoms with van der Waals surface area (Å²) in [6, 6.07) is 3.39. The molecule has 1 aliphatic rings. The molecule has 18 heavy (non-hydrogen) atoms. The number of pyridine rings is 1. The molecule has 0 aromatic carbocycles. The second kappa shape index (κ2) is 5.33. The van der Waals surface area contributed by atoms with Crippen LogP contribution in [-0.4, -0.2) is 22.2 Å². The molecule has 1 saturated carbocycles. The van der Waals surface area contributed by atoms with Crippen molar-refractivity contribution in [2.45, 2.75) is 38.1 Å². The first-order chi connectivity index (χ1) is 8.54. The number of rotatable bonds is 3. The summed E-state index contributed by atoms with van der Waals surface area (Å²) in [7, 11) is 0. The molecule has 1 fully saturated rings. The number of nitrogens with two attached hydrogens (primary N) is 1. The van der Waals surface area contributed by atoms with Crippen molar-refractivity contribution in [2.24, 2.45) is 5.92 Å². The van der Waals surface area contributed by atoms with Gasteiger partial charge in [-0.2, -0.15) is 0 Å². The molecular formula is C13H20ClN3O. The molecule has 5 heteroatoms. The maximum Gasteiger partial charge on any atom is 0.151 e. The molecule has 1 aliphatic carbocycles. The van der Waals surface area contributed by atoms with Gasteiger partial charge in [0.05, 0.1) is 17.8 Å². The van der Waals surface area contributed by atoms with Crippen LogP contribution in [0.3, 0.4) is 0 Å². The lowest BCUT2D eigenvalue weighted by molar-refractivity contribution is 0.155. The van der Waals surface area contributed by atoms with Crippen molar-refractivity contribution in [1.29, 1.82) is 0 Å². The minimum atomic E-state index is -0.307. The largest absolute Gasteiger partial charge is 0.396 e. The van der Waals surface area contributed by atoms with Gasteiger partial charge >= 0.3 is 0 Å². The van der Waals surface area contributed by atoms with Crippen molar-refractivity contribution in [1.82, 2.24) is 4.98 Å². The first kappa shape index (κ1) is 13.4. The van der Waals surface area contributed by atoms with E-state index < -0.39 is 0 Å². The number of aliphatic hydroxyl groups excluding tert-OH is 1. The molecule has 0 radical (unpaired) electrons. The number of hydrogen-bond acceptors (Lipinski definition) is 4. The summed E-state index contributed by atoms with van der Waals surface area (Å²) in [6.07, 6.45) is 4.07. The predicted octanol–water partition coefficient (Wildman–Crippen LogP) is 2.67. The third-order valence-corrected chi connectivity index (χ3v) is 4.02. The van der Waals surface area contributed by atoms with E-state index in [0.717, 1.165) is 31.6 Å². The average molecular weight is 270 g/mol. The quantitative estimate of drug-likeness (QED) is 0.738. The Hall–Kier alpha value is -1.00. The molecule has 1 aromatic heterocycles. The molecular weight excluding hydrogens is 250 g/mol. The fourth-order valence-electron chi connectivity index (χ4n) is 2.43. The third kappa shape index (κ3) is 2.87. The van der Waals surface area contributed by atoms with E-state index in [2.05, 4.69) is 17.2 Å². The second-order valence-corrected chi connectivity index (χ2v) is 5.71. The molecule has 0 saturated heterocycles. The molecule has 0 bridgehead atoms. The molecule has 100 valence electrons. The highest BCUT2D eigenvalue weighted by Crippen LogP contribution is 2.35. The highest BCUT2D eigenvalue weighted by atomic mass is 35.5. The Balaban J connectivity index is 2.17. The number of aromatic nitrogens is 1. The first-order valence-corrected chi connectivity index (χ1v) is 6.73. The zero-order valence-electron chi connectivity index (χ0n) is 10.6. The monoisotopic (exact) mass is 269 g/mol. The summed E-state index contributed by atoms with van der Waals surface area (Å²) in [5, 5.41) is 13.4. The van der Waals surface area contributed by atoms with Gasteiger partial charge in [0.25, 0.3) is 0 Å². The van der Waals surface area contributed by atoms with Crippen LogP contribution < -0.4 is 11.1 Å². The Morgan fingerprint density at radius 2 is 2.17 bits per heavy atom. The highest BCUT2D eigenvalue weighted by Gasteiger charge is 2.34. The minimum Gasteiger partial charge on any atom is -0.396 e. The molecule has 0 unspecified atom stereocenters. The Labute approximate surface area is 113 Å². The summed E-state index contributed by atoms with van der Waals surface area (Å²) in [5.41, 5.74) is 6.14. The van der Waals surface area contributed by atoms with Gasteiger partial charge in [0.2, 0.25) is 0 Å². The first-order valence-electron chi connectivity index (χ1n) is 6.36. The van der Waals surface area contributed by atoms with Gasteiger partial charge in [0.15, 0.2) is 5.82 Å². The number of nitrogens with zero attached hydrogens (tertiary/aromatic N) is 1. The summed E-state index contributed by atoms with van der Waals surface area (Å²) in [5.74, 6) is 1.29. The molecule has 1 heterocycles. The number of nitrogens with one attached hydrogen (secondary N) is 1. The van der Waals surface area contributed by atoms with E-state index in [-0.39, 0.29) is 12.1 Å². The number of hydrogen-bond donors (Lipinski definition) is 3. The third-order valence-electron chi connectivity index (χ3n) is 3.81. The summed E-state index contributed by atoms with van der Waals surface area (Å²) in [6.45, 7) is 2.33.